The Morgan fingerprint density at radius 2 is 1.81 bits per heavy atom. The normalized spacial score (nSPS) is 10.6. The van der Waals surface area contributed by atoms with E-state index in [-0.39, 0.29) is 16.5 Å². The van der Waals surface area contributed by atoms with Crippen molar-refractivity contribution in [3.05, 3.63) is 88.4 Å². The van der Waals surface area contributed by atoms with Crippen molar-refractivity contribution in [2.24, 2.45) is 0 Å². The molecule has 0 aliphatic carbocycles. The molecule has 2 aromatic carbocycles. The fourth-order valence-corrected chi connectivity index (χ4v) is 3.84. The van der Waals surface area contributed by atoms with Gasteiger partial charge in [0.1, 0.15) is 6.33 Å². The molecule has 0 radical (unpaired) electrons. The van der Waals surface area contributed by atoms with Gasteiger partial charge in [-0.25, -0.2) is 9.97 Å². The first-order chi connectivity index (χ1) is 15.0. The summed E-state index contributed by atoms with van der Waals surface area (Å²) in [5.41, 5.74) is 6.79. The van der Waals surface area contributed by atoms with Gasteiger partial charge in [-0.2, -0.15) is 0 Å². The summed E-state index contributed by atoms with van der Waals surface area (Å²) in [4.78, 5) is 36.7. The molecular weight excluding hydrogens is 416 g/mol. The maximum atomic E-state index is 12.3. The lowest BCUT2D eigenvalue weighted by Crippen LogP contribution is -2.30. The number of amides is 1. The third kappa shape index (κ3) is 4.43. The quantitative estimate of drug-likeness (QED) is 0.265. The molecule has 1 amide bonds. The number of hydrogen-bond donors (Lipinski definition) is 2. The van der Waals surface area contributed by atoms with E-state index >= 15 is 0 Å². The molecule has 31 heavy (non-hydrogen) atoms. The number of nitrogens with zero attached hydrogens (tertiary/aromatic N) is 4. The van der Waals surface area contributed by atoms with Gasteiger partial charge in [0, 0.05) is 22.0 Å². The van der Waals surface area contributed by atoms with Gasteiger partial charge in [-0.3, -0.25) is 30.7 Å². The Morgan fingerprint density at radius 3 is 2.58 bits per heavy atom. The number of benzene rings is 2. The van der Waals surface area contributed by atoms with E-state index in [2.05, 4.69) is 25.8 Å². The van der Waals surface area contributed by atoms with Crippen LogP contribution < -0.4 is 10.9 Å². The molecule has 9 nitrogen and oxygen atoms in total. The van der Waals surface area contributed by atoms with Crippen LogP contribution in [0.15, 0.2) is 77.0 Å². The smallest absolute Gasteiger partial charge is 0.276 e. The van der Waals surface area contributed by atoms with Crippen LogP contribution in [-0.2, 0) is 0 Å². The molecule has 0 bridgehead atoms. The van der Waals surface area contributed by atoms with Gasteiger partial charge in [-0.15, -0.1) is 0 Å². The highest BCUT2D eigenvalue weighted by Crippen LogP contribution is 2.38. The predicted octanol–water partition coefficient (Wildman–Crippen LogP) is 4.15. The molecule has 0 atom stereocenters. The van der Waals surface area contributed by atoms with Gasteiger partial charge >= 0.3 is 5.69 Å². The summed E-state index contributed by atoms with van der Waals surface area (Å²) >= 11 is 1.11. The van der Waals surface area contributed by atoms with E-state index in [0.717, 1.165) is 27.6 Å². The molecular formula is C21H16N6O3S. The summed E-state index contributed by atoms with van der Waals surface area (Å²) in [6.45, 7) is 1.91. The Hall–Kier alpha value is -4.05. The average Bonchev–Trinajstić information content (AvgIpc) is 2.78. The first kappa shape index (κ1) is 20.2. The molecule has 2 aromatic heterocycles. The van der Waals surface area contributed by atoms with Crippen molar-refractivity contribution in [3.8, 4) is 0 Å². The minimum atomic E-state index is -0.582. The fraction of sp³-hybridized carbons (Fsp3) is 0.0476. The third-order valence-corrected chi connectivity index (χ3v) is 5.42. The summed E-state index contributed by atoms with van der Waals surface area (Å²) < 4.78 is 0. The number of nitro groups is 1. The number of para-hydroxylation sites is 1. The SMILES string of the molecule is Cc1ccc(C(=O)NNc2ncnc(Sc3cccc4cccnc34)c2[N+](=O)[O-])cc1. The number of fused-ring (bicyclic) bond motifs is 1. The largest absolute Gasteiger partial charge is 0.345 e. The highest BCUT2D eigenvalue weighted by molar-refractivity contribution is 7.99. The first-order valence-electron chi connectivity index (χ1n) is 9.17. The van der Waals surface area contributed by atoms with Gasteiger partial charge in [-0.05, 0) is 31.2 Å². The molecule has 2 N–H and O–H groups in total. The number of anilines is 1. The molecule has 0 unspecified atom stereocenters. The molecule has 0 spiro atoms. The van der Waals surface area contributed by atoms with Crippen molar-refractivity contribution in [3.63, 3.8) is 0 Å². The highest BCUT2D eigenvalue weighted by atomic mass is 32.2. The molecule has 0 aliphatic rings. The van der Waals surface area contributed by atoms with Crippen molar-refractivity contribution in [2.45, 2.75) is 16.8 Å². The van der Waals surface area contributed by atoms with Gasteiger partial charge in [0.2, 0.25) is 5.82 Å². The zero-order valence-electron chi connectivity index (χ0n) is 16.3. The molecule has 4 aromatic rings. The van der Waals surface area contributed by atoms with Crippen LogP contribution in [0.4, 0.5) is 11.5 Å². The molecule has 154 valence electrons. The molecule has 0 saturated carbocycles. The maximum Gasteiger partial charge on any atom is 0.345 e. The van der Waals surface area contributed by atoms with Crippen LogP contribution in [0.5, 0.6) is 0 Å². The van der Waals surface area contributed by atoms with Crippen LogP contribution in [0.25, 0.3) is 10.9 Å². The van der Waals surface area contributed by atoms with Crippen molar-refractivity contribution >= 4 is 40.1 Å². The van der Waals surface area contributed by atoms with E-state index in [4.69, 9.17) is 0 Å². The molecule has 2 heterocycles. The number of hydrogen-bond acceptors (Lipinski definition) is 8. The Morgan fingerprint density at radius 1 is 1.03 bits per heavy atom. The predicted molar refractivity (Wildman–Crippen MR) is 117 cm³/mol. The monoisotopic (exact) mass is 432 g/mol. The lowest BCUT2D eigenvalue weighted by molar-refractivity contribution is -0.387. The summed E-state index contributed by atoms with van der Waals surface area (Å²) in [5, 5.41) is 12.8. The summed E-state index contributed by atoms with van der Waals surface area (Å²) in [6, 6.07) is 16.2. The first-order valence-corrected chi connectivity index (χ1v) is 9.98. The zero-order valence-corrected chi connectivity index (χ0v) is 17.1. The van der Waals surface area contributed by atoms with Crippen molar-refractivity contribution < 1.29 is 9.72 Å². The summed E-state index contributed by atoms with van der Waals surface area (Å²) in [5.74, 6) is -0.559. The molecule has 10 heteroatoms. The fourth-order valence-electron chi connectivity index (χ4n) is 2.85. The topological polar surface area (TPSA) is 123 Å². The second-order valence-electron chi connectivity index (χ2n) is 6.51. The van der Waals surface area contributed by atoms with Crippen LogP contribution in [-0.4, -0.2) is 25.8 Å². The number of aromatic nitrogens is 3. The number of aryl methyl sites for hydroxylation is 1. The number of pyridine rings is 1. The Labute approximate surface area is 181 Å². The third-order valence-electron chi connectivity index (χ3n) is 4.38. The molecule has 0 aliphatic heterocycles. The maximum absolute atomic E-state index is 12.3. The summed E-state index contributed by atoms with van der Waals surface area (Å²) in [6.07, 6.45) is 2.86. The highest BCUT2D eigenvalue weighted by Gasteiger charge is 2.25. The average molecular weight is 432 g/mol. The Bertz CT molecular complexity index is 1270. The van der Waals surface area contributed by atoms with Crippen molar-refractivity contribution in [1.29, 1.82) is 0 Å². The van der Waals surface area contributed by atoms with Crippen LogP contribution in [0, 0.1) is 17.0 Å². The van der Waals surface area contributed by atoms with E-state index < -0.39 is 10.8 Å². The number of carbonyl (C=O) groups is 1. The number of carbonyl (C=O) groups excluding carboxylic acids is 1. The lowest BCUT2D eigenvalue weighted by atomic mass is 10.1. The van der Waals surface area contributed by atoms with Gasteiger partial charge in [0.05, 0.1) is 10.4 Å². The molecule has 4 rings (SSSR count). The van der Waals surface area contributed by atoms with E-state index in [0.29, 0.717) is 11.1 Å². The number of rotatable bonds is 6. The minimum absolute atomic E-state index is 0.115. The van der Waals surface area contributed by atoms with E-state index in [1.807, 2.05) is 37.3 Å². The minimum Gasteiger partial charge on any atom is -0.276 e. The zero-order chi connectivity index (χ0) is 21.8. The van der Waals surface area contributed by atoms with Crippen LogP contribution in [0.2, 0.25) is 0 Å². The lowest BCUT2D eigenvalue weighted by Gasteiger charge is -2.10. The van der Waals surface area contributed by atoms with Crippen LogP contribution >= 0.6 is 11.8 Å². The summed E-state index contributed by atoms with van der Waals surface area (Å²) in [7, 11) is 0. The van der Waals surface area contributed by atoms with Crippen molar-refractivity contribution in [1.82, 2.24) is 20.4 Å². The molecule has 0 saturated heterocycles. The number of hydrazine groups is 1. The van der Waals surface area contributed by atoms with Gasteiger partial charge in [-0.1, -0.05) is 47.7 Å². The molecule has 0 fully saturated rings. The van der Waals surface area contributed by atoms with Gasteiger partial charge in [0.25, 0.3) is 5.91 Å². The van der Waals surface area contributed by atoms with E-state index in [1.54, 1.807) is 30.5 Å². The second kappa shape index (κ2) is 8.76. The van der Waals surface area contributed by atoms with Crippen LogP contribution in [0.3, 0.4) is 0 Å². The van der Waals surface area contributed by atoms with E-state index in [1.165, 1.54) is 6.33 Å². The standard InChI is InChI=1S/C21H16N6O3S/c1-13-7-9-15(10-8-13)20(28)26-25-19-18(27(29)30)21(24-12-23-19)31-16-6-2-4-14-5-3-11-22-17(14)16/h2-12H,1H3,(H,26,28)(H,23,24,25). The Kier molecular flexibility index (Phi) is 5.72. The number of nitrogens with one attached hydrogen (secondary N) is 2. The second-order valence-corrected chi connectivity index (χ2v) is 7.54. The van der Waals surface area contributed by atoms with Crippen LogP contribution in [0.1, 0.15) is 15.9 Å². The van der Waals surface area contributed by atoms with Gasteiger partial charge < -0.3 is 0 Å². The van der Waals surface area contributed by atoms with Crippen molar-refractivity contribution in [2.75, 3.05) is 5.43 Å². The van der Waals surface area contributed by atoms with E-state index in [9.17, 15) is 14.9 Å². The van der Waals surface area contributed by atoms with Gasteiger partial charge in [0.15, 0.2) is 5.03 Å². The Balaban J connectivity index is 1.61.